The van der Waals surface area contributed by atoms with Crippen molar-refractivity contribution >= 4 is 23.7 Å². The molecule has 6 heteroatoms. The average molecular weight is 396 g/mol. The minimum absolute atomic E-state index is 0.200. The van der Waals surface area contributed by atoms with E-state index in [1.165, 1.54) is 18.1 Å². The van der Waals surface area contributed by atoms with E-state index in [9.17, 15) is 14.4 Å². The zero-order chi connectivity index (χ0) is 21.7. The van der Waals surface area contributed by atoms with Crippen molar-refractivity contribution in [3.05, 3.63) is 64.5 Å². The fourth-order valence-electron chi connectivity index (χ4n) is 3.52. The molecule has 0 N–H and O–H groups in total. The van der Waals surface area contributed by atoms with Crippen LogP contribution < -0.4 is 0 Å². The highest BCUT2D eigenvalue weighted by Gasteiger charge is 2.31. The van der Waals surface area contributed by atoms with Crippen LogP contribution in [-0.4, -0.2) is 46.8 Å². The number of benzene rings is 1. The van der Waals surface area contributed by atoms with Gasteiger partial charge in [-0.3, -0.25) is 9.59 Å². The van der Waals surface area contributed by atoms with Crippen LogP contribution in [0.5, 0.6) is 0 Å². The Morgan fingerprint density at radius 3 is 2.34 bits per heavy atom. The zero-order valence-corrected chi connectivity index (χ0v) is 17.9. The van der Waals surface area contributed by atoms with Crippen LogP contribution in [0.2, 0.25) is 0 Å². The number of ketones is 1. The van der Waals surface area contributed by atoms with Crippen molar-refractivity contribution in [1.29, 1.82) is 0 Å². The molecule has 0 fully saturated rings. The highest BCUT2D eigenvalue weighted by atomic mass is 16.5. The van der Waals surface area contributed by atoms with Gasteiger partial charge in [0.25, 0.3) is 0 Å². The smallest absolute Gasteiger partial charge is 0.354 e. The molecule has 0 aliphatic carbocycles. The van der Waals surface area contributed by atoms with Crippen LogP contribution in [0.4, 0.5) is 0 Å². The van der Waals surface area contributed by atoms with Gasteiger partial charge in [-0.1, -0.05) is 30.3 Å². The zero-order valence-electron chi connectivity index (χ0n) is 17.9. The van der Waals surface area contributed by atoms with Gasteiger partial charge in [0.05, 0.1) is 13.2 Å². The first kappa shape index (κ1) is 22.1. The molecule has 1 unspecified atom stereocenters. The Kier molecular flexibility index (Phi) is 7.15. The summed E-state index contributed by atoms with van der Waals surface area (Å²) in [6.07, 6.45) is 3.21. The fraction of sp³-hybridized carbons (Fsp3) is 0.348. The van der Waals surface area contributed by atoms with E-state index >= 15 is 0 Å². The van der Waals surface area contributed by atoms with Gasteiger partial charge in [0, 0.05) is 30.9 Å². The maximum absolute atomic E-state index is 13.3. The molecule has 154 valence electrons. The SMILES string of the molecule is CCN(C(=O)/C=C/c1ccccc1)C(C)C(=O)c1c(C)c(C(=O)OC)n(C)c1C. The van der Waals surface area contributed by atoms with Crippen molar-refractivity contribution in [2.45, 2.75) is 33.7 Å². The minimum atomic E-state index is -0.668. The normalized spacial score (nSPS) is 12.1. The number of carbonyl (C=O) groups excluding carboxylic acids is 3. The van der Waals surface area contributed by atoms with E-state index in [0.717, 1.165) is 5.56 Å². The summed E-state index contributed by atoms with van der Waals surface area (Å²) < 4.78 is 6.50. The molecule has 0 bridgehead atoms. The molecule has 2 rings (SSSR count). The topological polar surface area (TPSA) is 68.6 Å². The van der Waals surface area contributed by atoms with Crippen molar-refractivity contribution in [2.24, 2.45) is 7.05 Å². The third kappa shape index (κ3) is 4.47. The average Bonchev–Trinajstić information content (AvgIpc) is 2.95. The van der Waals surface area contributed by atoms with Crippen LogP contribution in [0.25, 0.3) is 6.08 Å². The number of hydrogen-bond acceptors (Lipinski definition) is 4. The van der Waals surface area contributed by atoms with Gasteiger partial charge in [0.15, 0.2) is 5.78 Å². The highest BCUT2D eigenvalue weighted by molar-refractivity contribution is 6.07. The summed E-state index contributed by atoms with van der Waals surface area (Å²) in [5.74, 6) is -0.931. The monoisotopic (exact) mass is 396 g/mol. The van der Waals surface area contributed by atoms with Gasteiger partial charge in [-0.05, 0) is 44.9 Å². The quantitative estimate of drug-likeness (QED) is 0.408. The number of esters is 1. The van der Waals surface area contributed by atoms with E-state index in [-0.39, 0.29) is 11.7 Å². The molecule has 0 saturated heterocycles. The first-order chi connectivity index (χ1) is 13.7. The summed E-state index contributed by atoms with van der Waals surface area (Å²) in [5.41, 5.74) is 2.95. The van der Waals surface area contributed by atoms with Crippen LogP contribution in [0.3, 0.4) is 0 Å². The van der Waals surface area contributed by atoms with E-state index in [0.29, 0.717) is 29.1 Å². The first-order valence-corrected chi connectivity index (χ1v) is 9.56. The van der Waals surface area contributed by atoms with E-state index in [1.54, 1.807) is 38.5 Å². The van der Waals surface area contributed by atoms with E-state index < -0.39 is 12.0 Å². The van der Waals surface area contributed by atoms with Gasteiger partial charge >= 0.3 is 5.97 Å². The van der Waals surface area contributed by atoms with Gasteiger partial charge < -0.3 is 14.2 Å². The number of rotatable bonds is 7. The molecule has 0 saturated carbocycles. The van der Waals surface area contributed by atoms with Gasteiger partial charge in [0.1, 0.15) is 5.69 Å². The molecule has 0 aliphatic rings. The summed E-state index contributed by atoms with van der Waals surface area (Å²) in [6, 6.07) is 8.84. The Labute approximate surface area is 171 Å². The molecule has 1 heterocycles. The van der Waals surface area contributed by atoms with Crippen molar-refractivity contribution in [3.8, 4) is 0 Å². The number of likely N-dealkylation sites (N-methyl/N-ethyl adjacent to an activating group) is 1. The lowest BCUT2D eigenvalue weighted by atomic mass is 9.99. The summed E-state index contributed by atoms with van der Waals surface area (Å²) in [7, 11) is 3.03. The molecule has 1 amide bonds. The van der Waals surface area contributed by atoms with Crippen LogP contribution in [-0.2, 0) is 16.6 Å². The second-order valence-electron chi connectivity index (χ2n) is 6.89. The van der Waals surface area contributed by atoms with E-state index in [4.69, 9.17) is 4.74 Å². The molecular formula is C23H28N2O4. The maximum atomic E-state index is 13.3. The van der Waals surface area contributed by atoms with Crippen molar-refractivity contribution < 1.29 is 19.1 Å². The van der Waals surface area contributed by atoms with Gasteiger partial charge in [-0.15, -0.1) is 0 Å². The third-order valence-electron chi connectivity index (χ3n) is 5.24. The summed E-state index contributed by atoms with van der Waals surface area (Å²) >= 11 is 0. The second kappa shape index (κ2) is 9.37. The van der Waals surface area contributed by atoms with Crippen LogP contribution >= 0.6 is 0 Å². The predicted molar refractivity (Wildman–Crippen MR) is 113 cm³/mol. The van der Waals surface area contributed by atoms with Crippen molar-refractivity contribution in [1.82, 2.24) is 9.47 Å². The summed E-state index contributed by atoms with van der Waals surface area (Å²) in [6.45, 7) is 7.45. The largest absolute Gasteiger partial charge is 0.464 e. The number of hydrogen-bond donors (Lipinski definition) is 0. The number of carbonyl (C=O) groups is 3. The molecule has 0 radical (unpaired) electrons. The second-order valence-corrected chi connectivity index (χ2v) is 6.89. The summed E-state index contributed by atoms with van der Waals surface area (Å²) in [4.78, 5) is 39.6. The first-order valence-electron chi connectivity index (χ1n) is 9.56. The van der Waals surface area contributed by atoms with E-state index in [2.05, 4.69) is 0 Å². The van der Waals surface area contributed by atoms with Gasteiger partial charge in [0.2, 0.25) is 5.91 Å². The Morgan fingerprint density at radius 1 is 1.17 bits per heavy atom. The minimum Gasteiger partial charge on any atom is -0.464 e. The Balaban J connectivity index is 2.31. The lowest BCUT2D eigenvalue weighted by molar-refractivity contribution is -0.126. The van der Waals surface area contributed by atoms with Gasteiger partial charge in [-0.2, -0.15) is 0 Å². The van der Waals surface area contributed by atoms with Crippen LogP contribution in [0.15, 0.2) is 36.4 Å². The Hall–Kier alpha value is -3.15. The molecule has 2 aromatic rings. The van der Waals surface area contributed by atoms with Crippen molar-refractivity contribution in [2.75, 3.05) is 13.7 Å². The fourth-order valence-corrected chi connectivity index (χ4v) is 3.52. The predicted octanol–water partition coefficient (Wildman–Crippen LogP) is 3.56. The number of Topliss-reactive ketones (excluding diaryl/α,β-unsaturated/α-hetero) is 1. The lowest BCUT2D eigenvalue weighted by Gasteiger charge is -2.26. The molecule has 1 aromatic heterocycles. The Bertz CT molecular complexity index is 942. The molecule has 29 heavy (non-hydrogen) atoms. The number of ether oxygens (including phenoxy) is 1. The number of methoxy groups -OCH3 is 1. The molecule has 0 spiro atoms. The molecule has 0 aliphatic heterocycles. The molecule has 1 aromatic carbocycles. The maximum Gasteiger partial charge on any atom is 0.354 e. The molecular weight excluding hydrogens is 368 g/mol. The lowest BCUT2D eigenvalue weighted by Crippen LogP contribution is -2.42. The third-order valence-corrected chi connectivity index (χ3v) is 5.24. The Morgan fingerprint density at radius 2 is 1.79 bits per heavy atom. The van der Waals surface area contributed by atoms with Crippen molar-refractivity contribution in [3.63, 3.8) is 0 Å². The number of aromatic nitrogens is 1. The van der Waals surface area contributed by atoms with Crippen LogP contribution in [0, 0.1) is 13.8 Å². The highest BCUT2D eigenvalue weighted by Crippen LogP contribution is 2.24. The van der Waals surface area contributed by atoms with Gasteiger partial charge in [-0.25, -0.2) is 4.79 Å². The molecule has 1 atom stereocenters. The molecule has 6 nitrogen and oxygen atoms in total. The van der Waals surface area contributed by atoms with Crippen LogP contribution in [0.1, 0.15) is 51.5 Å². The van der Waals surface area contributed by atoms with E-state index in [1.807, 2.05) is 37.3 Å². The summed E-state index contributed by atoms with van der Waals surface area (Å²) in [5, 5.41) is 0. The standard InChI is InChI=1S/C23H28N2O4/c1-7-25(19(26)14-13-18-11-9-8-10-12-18)17(4)22(27)20-15(2)21(23(28)29-6)24(5)16(20)3/h8-14,17H,7H2,1-6H3/b14-13+. The number of amides is 1. The number of nitrogens with zero attached hydrogens (tertiary/aromatic N) is 2.